The van der Waals surface area contributed by atoms with Gasteiger partial charge in [-0.1, -0.05) is 30.7 Å². The maximum Gasteiger partial charge on any atom is 0.270 e. The lowest BCUT2D eigenvalue weighted by Crippen LogP contribution is -2.31. The first-order valence-corrected chi connectivity index (χ1v) is 9.20. The van der Waals surface area contributed by atoms with E-state index in [1.54, 1.807) is 24.4 Å². The summed E-state index contributed by atoms with van der Waals surface area (Å²) in [7, 11) is 0. The summed E-state index contributed by atoms with van der Waals surface area (Å²) in [5.74, 6) is 0.343. The third-order valence-corrected chi connectivity index (χ3v) is 4.55. The number of rotatable bonds is 6. The number of amides is 1. The van der Waals surface area contributed by atoms with E-state index in [9.17, 15) is 4.79 Å². The molecule has 9 heteroatoms. The molecule has 0 unspecified atom stereocenters. The van der Waals surface area contributed by atoms with Gasteiger partial charge in [-0.05, 0) is 30.2 Å². The Labute approximate surface area is 166 Å². The molecule has 0 aliphatic carbocycles. The fraction of sp³-hybridized carbons (Fsp3) is 0.211. The zero-order valence-corrected chi connectivity index (χ0v) is 15.9. The molecule has 0 radical (unpaired) electrons. The van der Waals surface area contributed by atoms with Crippen molar-refractivity contribution in [3.63, 3.8) is 0 Å². The zero-order chi connectivity index (χ0) is 19.5. The Morgan fingerprint density at radius 2 is 2.07 bits per heavy atom. The summed E-state index contributed by atoms with van der Waals surface area (Å²) in [4.78, 5) is 21.4. The normalized spacial score (nSPS) is 12.2. The first-order chi connectivity index (χ1) is 13.6. The van der Waals surface area contributed by atoms with Crippen molar-refractivity contribution >= 4 is 23.3 Å². The maximum absolute atomic E-state index is 12.8. The number of nitrogens with one attached hydrogen (secondary N) is 1. The predicted molar refractivity (Wildman–Crippen MR) is 105 cm³/mol. The van der Waals surface area contributed by atoms with Crippen LogP contribution in [0.3, 0.4) is 0 Å². The highest BCUT2D eigenvalue weighted by molar-refractivity contribution is 6.30. The summed E-state index contributed by atoms with van der Waals surface area (Å²) in [5, 5.41) is 11.9. The lowest BCUT2D eigenvalue weighted by molar-refractivity contribution is 0.0939. The summed E-state index contributed by atoms with van der Waals surface area (Å²) in [5.41, 5.74) is 1.85. The molecule has 1 atom stereocenters. The van der Waals surface area contributed by atoms with E-state index in [4.69, 9.17) is 11.6 Å². The number of fused-ring (bicyclic) bond motifs is 1. The Balaban J connectivity index is 1.55. The number of benzene rings is 1. The van der Waals surface area contributed by atoms with Gasteiger partial charge in [0.05, 0.1) is 5.69 Å². The van der Waals surface area contributed by atoms with Crippen LogP contribution in [0, 0.1) is 5.92 Å². The summed E-state index contributed by atoms with van der Waals surface area (Å²) >= 11 is 5.96. The third-order valence-electron chi connectivity index (χ3n) is 4.29. The molecule has 0 bridgehead atoms. The van der Waals surface area contributed by atoms with Crippen LogP contribution in [0.2, 0.25) is 5.02 Å². The number of carbonyl (C=O) groups is 1. The Morgan fingerprint density at radius 3 is 2.82 bits per heavy atom. The maximum atomic E-state index is 12.8. The van der Waals surface area contributed by atoms with Gasteiger partial charge in [0.2, 0.25) is 0 Å². The number of carbonyl (C=O) groups excluding carboxylic acids is 1. The highest BCUT2D eigenvalue weighted by Crippen LogP contribution is 2.21. The Bertz CT molecular complexity index is 1090. The molecule has 4 rings (SSSR count). The van der Waals surface area contributed by atoms with Gasteiger partial charge in [0.1, 0.15) is 12.0 Å². The monoisotopic (exact) mass is 395 g/mol. The van der Waals surface area contributed by atoms with Crippen LogP contribution >= 0.6 is 11.6 Å². The highest BCUT2D eigenvalue weighted by Gasteiger charge is 2.16. The molecule has 0 aliphatic heterocycles. The molecule has 8 nitrogen and oxygen atoms in total. The summed E-state index contributed by atoms with van der Waals surface area (Å²) in [6.07, 6.45) is 5.02. The minimum absolute atomic E-state index is 0.215. The molecule has 1 aromatic carbocycles. The van der Waals surface area contributed by atoms with Crippen LogP contribution in [0.15, 0.2) is 55.1 Å². The second-order valence-corrected chi connectivity index (χ2v) is 6.99. The molecular weight excluding hydrogens is 378 g/mol. The number of halogens is 1. The van der Waals surface area contributed by atoms with Gasteiger partial charge in [0.25, 0.3) is 11.7 Å². The van der Waals surface area contributed by atoms with E-state index < -0.39 is 0 Å². The van der Waals surface area contributed by atoms with Crippen molar-refractivity contribution in [3.8, 4) is 11.3 Å². The van der Waals surface area contributed by atoms with Gasteiger partial charge >= 0.3 is 0 Å². The Hall–Kier alpha value is -3.26. The van der Waals surface area contributed by atoms with Crippen LogP contribution in [0.5, 0.6) is 0 Å². The van der Waals surface area contributed by atoms with Crippen molar-refractivity contribution in [1.82, 2.24) is 34.7 Å². The smallest absolute Gasteiger partial charge is 0.270 e. The van der Waals surface area contributed by atoms with Crippen LogP contribution in [-0.4, -0.2) is 41.8 Å². The molecule has 28 heavy (non-hydrogen) atoms. The molecule has 1 amide bonds. The van der Waals surface area contributed by atoms with Crippen LogP contribution in [0.25, 0.3) is 17.0 Å². The van der Waals surface area contributed by atoms with E-state index >= 15 is 0 Å². The second kappa shape index (κ2) is 7.77. The van der Waals surface area contributed by atoms with Gasteiger partial charge in [-0.3, -0.25) is 9.48 Å². The van der Waals surface area contributed by atoms with Crippen molar-refractivity contribution < 1.29 is 4.79 Å². The van der Waals surface area contributed by atoms with E-state index in [0.29, 0.717) is 28.7 Å². The summed E-state index contributed by atoms with van der Waals surface area (Å²) < 4.78 is 3.28. The fourth-order valence-corrected chi connectivity index (χ4v) is 3.02. The Morgan fingerprint density at radius 1 is 1.25 bits per heavy atom. The zero-order valence-electron chi connectivity index (χ0n) is 15.2. The number of hydrogen-bond donors (Lipinski definition) is 1. The minimum Gasteiger partial charge on any atom is -0.350 e. The van der Waals surface area contributed by atoms with Gasteiger partial charge in [-0.2, -0.15) is 19.7 Å². The second-order valence-electron chi connectivity index (χ2n) is 6.55. The number of hydrogen-bond acceptors (Lipinski definition) is 5. The summed E-state index contributed by atoms with van der Waals surface area (Å²) in [6.45, 7) is 3.28. The minimum atomic E-state index is -0.236. The topological polar surface area (TPSA) is 90.0 Å². The van der Waals surface area contributed by atoms with E-state index in [0.717, 1.165) is 12.1 Å². The first kappa shape index (κ1) is 18.1. The van der Waals surface area contributed by atoms with Gasteiger partial charge in [0.15, 0.2) is 0 Å². The molecule has 142 valence electrons. The van der Waals surface area contributed by atoms with Gasteiger partial charge < -0.3 is 5.32 Å². The van der Waals surface area contributed by atoms with Crippen molar-refractivity contribution in [2.24, 2.45) is 5.92 Å². The third kappa shape index (κ3) is 3.86. The molecule has 0 saturated heterocycles. The first-order valence-electron chi connectivity index (χ1n) is 8.82. The lowest BCUT2D eigenvalue weighted by atomic mass is 10.1. The predicted octanol–water partition coefficient (Wildman–Crippen LogP) is 2.71. The van der Waals surface area contributed by atoms with Crippen molar-refractivity contribution in [3.05, 3.63) is 65.8 Å². The van der Waals surface area contributed by atoms with E-state index in [1.165, 1.54) is 10.8 Å². The largest absolute Gasteiger partial charge is 0.350 e. The quantitative estimate of drug-likeness (QED) is 0.542. The highest BCUT2D eigenvalue weighted by atomic mass is 35.5. The van der Waals surface area contributed by atoms with Crippen molar-refractivity contribution in [1.29, 1.82) is 0 Å². The van der Waals surface area contributed by atoms with Crippen LogP contribution in [-0.2, 0) is 6.54 Å². The molecule has 4 aromatic rings. The molecule has 0 aliphatic rings. The molecular formula is C19H18ClN7O. The average molecular weight is 396 g/mol. The molecule has 0 spiro atoms. The molecule has 3 heterocycles. The van der Waals surface area contributed by atoms with E-state index in [-0.39, 0.29) is 11.8 Å². The van der Waals surface area contributed by atoms with Crippen LogP contribution < -0.4 is 5.32 Å². The van der Waals surface area contributed by atoms with Crippen molar-refractivity contribution in [2.45, 2.75) is 13.5 Å². The van der Waals surface area contributed by atoms with E-state index in [1.807, 2.05) is 29.1 Å². The van der Waals surface area contributed by atoms with Crippen molar-refractivity contribution in [2.75, 3.05) is 6.54 Å². The molecule has 1 N–H and O–H groups in total. The van der Waals surface area contributed by atoms with Gasteiger partial charge in [0, 0.05) is 36.1 Å². The summed E-state index contributed by atoms with van der Waals surface area (Å²) in [6, 6.07) is 10.9. The number of aromatic nitrogens is 6. The Kier molecular flexibility index (Phi) is 5.03. The van der Waals surface area contributed by atoms with Crippen LogP contribution in [0.1, 0.15) is 17.4 Å². The fourth-order valence-electron chi connectivity index (χ4n) is 2.89. The van der Waals surface area contributed by atoms with E-state index in [2.05, 4.69) is 32.4 Å². The average Bonchev–Trinajstić information content (AvgIpc) is 3.37. The standard InChI is InChI=1S/C19H18ClN7O/c1-13(11-26-8-2-7-23-26)10-21-18(28)17-9-16(14-3-5-15(20)6-4-14)25-19-22-12-24-27(17)19/h2-9,12-13H,10-11H2,1H3,(H,21,28)/t13-/m0/s1. The molecule has 0 fully saturated rings. The SMILES string of the molecule is C[C@@H](CNC(=O)c1cc(-c2ccc(Cl)cc2)nc2ncnn12)Cn1cccn1. The molecule has 3 aromatic heterocycles. The number of nitrogens with zero attached hydrogens (tertiary/aromatic N) is 6. The van der Waals surface area contributed by atoms with Gasteiger partial charge in [-0.25, -0.2) is 4.98 Å². The van der Waals surface area contributed by atoms with Gasteiger partial charge in [-0.15, -0.1) is 0 Å². The lowest BCUT2D eigenvalue weighted by Gasteiger charge is -2.13. The molecule has 0 saturated carbocycles. The van der Waals surface area contributed by atoms with Crippen LogP contribution in [0.4, 0.5) is 0 Å².